The second kappa shape index (κ2) is 5.61. The smallest absolute Gasteiger partial charge is 0.140 e. The van der Waals surface area contributed by atoms with Gasteiger partial charge in [0.05, 0.1) is 5.69 Å². The SMILES string of the molecule is CC(C)C(Br)CNc1ccc(Cl)cc1O. The third-order valence-corrected chi connectivity index (χ3v) is 3.79. The van der Waals surface area contributed by atoms with Crippen molar-refractivity contribution >= 4 is 33.2 Å². The van der Waals surface area contributed by atoms with E-state index < -0.39 is 0 Å². The molecule has 0 aliphatic heterocycles. The summed E-state index contributed by atoms with van der Waals surface area (Å²) in [6.07, 6.45) is 0. The lowest BCUT2D eigenvalue weighted by Gasteiger charge is -2.16. The summed E-state index contributed by atoms with van der Waals surface area (Å²) in [5.74, 6) is 0.734. The van der Waals surface area contributed by atoms with E-state index in [1.54, 1.807) is 12.1 Å². The molecule has 1 aromatic carbocycles. The molecule has 0 amide bonds. The molecule has 2 N–H and O–H groups in total. The summed E-state index contributed by atoms with van der Waals surface area (Å²) in [6.45, 7) is 5.05. The van der Waals surface area contributed by atoms with Crippen molar-refractivity contribution in [3.8, 4) is 5.75 Å². The normalized spacial score (nSPS) is 12.9. The van der Waals surface area contributed by atoms with Crippen molar-refractivity contribution in [3.05, 3.63) is 23.2 Å². The van der Waals surface area contributed by atoms with Gasteiger partial charge in [-0.25, -0.2) is 0 Å². The van der Waals surface area contributed by atoms with E-state index in [2.05, 4.69) is 35.1 Å². The van der Waals surface area contributed by atoms with Gasteiger partial charge >= 0.3 is 0 Å². The highest BCUT2D eigenvalue weighted by atomic mass is 79.9. The maximum atomic E-state index is 9.58. The Balaban J connectivity index is 2.58. The van der Waals surface area contributed by atoms with Crippen LogP contribution in [0.25, 0.3) is 0 Å². The van der Waals surface area contributed by atoms with Crippen LogP contribution in [0.5, 0.6) is 5.75 Å². The fourth-order valence-corrected chi connectivity index (χ4v) is 1.43. The first kappa shape index (κ1) is 12.7. The maximum absolute atomic E-state index is 9.58. The van der Waals surface area contributed by atoms with Gasteiger partial charge in [-0.05, 0) is 18.1 Å². The zero-order chi connectivity index (χ0) is 11.4. The first-order valence-corrected chi connectivity index (χ1v) is 6.16. The lowest BCUT2D eigenvalue weighted by Crippen LogP contribution is -2.18. The summed E-state index contributed by atoms with van der Waals surface area (Å²) in [7, 11) is 0. The number of aromatic hydroxyl groups is 1. The number of halogens is 2. The van der Waals surface area contributed by atoms with Crippen LogP contribution in [0.3, 0.4) is 0 Å². The first-order valence-electron chi connectivity index (χ1n) is 4.87. The molecule has 1 atom stereocenters. The fourth-order valence-electron chi connectivity index (χ4n) is 1.10. The van der Waals surface area contributed by atoms with E-state index in [0.29, 0.717) is 21.5 Å². The van der Waals surface area contributed by atoms with Gasteiger partial charge in [0.25, 0.3) is 0 Å². The predicted octanol–water partition coefficient (Wildman–Crippen LogP) is 3.88. The highest BCUT2D eigenvalue weighted by molar-refractivity contribution is 9.09. The first-order chi connectivity index (χ1) is 7.00. The number of rotatable bonds is 4. The van der Waals surface area contributed by atoms with Crippen molar-refractivity contribution in [3.63, 3.8) is 0 Å². The topological polar surface area (TPSA) is 32.3 Å². The molecule has 0 radical (unpaired) electrons. The Morgan fingerprint density at radius 2 is 2.13 bits per heavy atom. The monoisotopic (exact) mass is 291 g/mol. The largest absolute Gasteiger partial charge is 0.506 e. The minimum absolute atomic E-state index is 0.186. The average molecular weight is 293 g/mol. The van der Waals surface area contributed by atoms with Crippen LogP contribution < -0.4 is 5.32 Å². The lowest BCUT2D eigenvalue weighted by atomic mass is 10.1. The van der Waals surface area contributed by atoms with Crippen molar-refractivity contribution < 1.29 is 5.11 Å². The van der Waals surface area contributed by atoms with Gasteiger partial charge in [0.1, 0.15) is 5.75 Å². The van der Waals surface area contributed by atoms with Gasteiger partial charge < -0.3 is 10.4 Å². The standard InChI is InChI=1S/C11H15BrClNO/c1-7(2)9(12)6-14-10-4-3-8(13)5-11(10)15/h3-5,7,9,14-15H,6H2,1-2H3. The summed E-state index contributed by atoms with van der Waals surface area (Å²) in [5, 5.41) is 13.3. The van der Waals surface area contributed by atoms with Gasteiger partial charge in [-0.2, -0.15) is 0 Å². The quantitative estimate of drug-likeness (QED) is 0.652. The van der Waals surface area contributed by atoms with Crippen LogP contribution in [0.15, 0.2) is 18.2 Å². The highest BCUT2D eigenvalue weighted by Crippen LogP contribution is 2.27. The molecule has 0 bridgehead atoms. The molecule has 0 fully saturated rings. The van der Waals surface area contributed by atoms with Crippen LogP contribution in [0.1, 0.15) is 13.8 Å². The summed E-state index contributed by atoms with van der Waals surface area (Å²) < 4.78 is 0. The number of anilines is 1. The molecule has 0 spiro atoms. The molecule has 15 heavy (non-hydrogen) atoms. The summed E-state index contributed by atoms with van der Waals surface area (Å²) in [5.41, 5.74) is 0.713. The predicted molar refractivity (Wildman–Crippen MR) is 69.2 cm³/mol. The second-order valence-electron chi connectivity index (χ2n) is 3.80. The Bertz CT molecular complexity index is 330. The zero-order valence-electron chi connectivity index (χ0n) is 8.80. The number of phenolic OH excluding ortho intramolecular Hbond substituents is 1. The van der Waals surface area contributed by atoms with Crippen molar-refractivity contribution in [2.75, 3.05) is 11.9 Å². The number of benzene rings is 1. The van der Waals surface area contributed by atoms with Crippen LogP contribution >= 0.6 is 27.5 Å². The Labute approximate surface area is 104 Å². The molecular weight excluding hydrogens is 277 g/mol. The number of alkyl halides is 1. The zero-order valence-corrected chi connectivity index (χ0v) is 11.1. The van der Waals surface area contributed by atoms with E-state index in [9.17, 15) is 5.11 Å². The van der Waals surface area contributed by atoms with Gasteiger partial charge in [0.2, 0.25) is 0 Å². The summed E-state index contributed by atoms with van der Waals surface area (Å²) in [4.78, 5) is 0.382. The van der Waals surface area contributed by atoms with Gasteiger partial charge in [0, 0.05) is 22.5 Å². The molecule has 2 nitrogen and oxygen atoms in total. The molecule has 0 aromatic heterocycles. The van der Waals surface area contributed by atoms with E-state index in [1.165, 1.54) is 6.07 Å². The highest BCUT2D eigenvalue weighted by Gasteiger charge is 2.09. The number of phenols is 1. The molecule has 0 aliphatic carbocycles. The molecule has 0 saturated carbocycles. The number of hydrogen-bond acceptors (Lipinski definition) is 2. The van der Waals surface area contributed by atoms with Crippen LogP contribution in [-0.2, 0) is 0 Å². The summed E-state index contributed by atoms with van der Waals surface area (Å²) >= 11 is 9.30. The molecule has 4 heteroatoms. The molecule has 0 aliphatic rings. The van der Waals surface area contributed by atoms with Crippen molar-refractivity contribution in [1.29, 1.82) is 0 Å². The van der Waals surface area contributed by atoms with Crippen LogP contribution in [0.4, 0.5) is 5.69 Å². The van der Waals surface area contributed by atoms with E-state index in [-0.39, 0.29) is 5.75 Å². The minimum atomic E-state index is 0.186. The Morgan fingerprint density at radius 1 is 1.47 bits per heavy atom. The lowest BCUT2D eigenvalue weighted by molar-refractivity contribution is 0.477. The summed E-state index contributed by atoms with van der Waals surface area (Å²) in [6, 6.07) is 5.06. The molecule has 84 valence electrons. The van der Waals surface area contributed by atoms with E-state index in [0.717, 1.165) is 6.54 Å². The minimum Gasteiger partial charge on any atom is -0.506 e. The van der Waals surface area contributed by atoms with E-state index in [4.69, 9.17) is 11.6 Å². The van der Waals surface area contributed by atoms with Gasteiger partial charge in [0.15, 0.2) is 0 Å². The molecule has 1 unspecified atom stereocenters. The number of hydrogen-bond donors (Lipinski definition) is 2. The second-order valence-corrected chi connectivity index (χ2v) is 5.41. The molecule has 1 rings (SSSR count). The third kappa shape index (κ3) is 3.92. The van der Waals surface area contributed by atoms with Crippen molar-refractivity contribution in [2.45, 2.75) is 18.7 Å². The number of nitrogens with one attached hydrogen (secondary N) is 1. The fraction of sp³-hybridized carbons (Fsp3) is 0.455. The molecule has 0 heterocycles. The third-order valence-electron chi connectivity index (χ3n) is 2.17. The van der Waals surface area contributed by atoms with Crippen LogP contribution in [0.2, 0.25) is 5.02 Å². The van der Waals surface area contributed by atoms with Gasteiger partial charge in [-0.1, -0.05) is 41.4 Å². The van der Waals surface area contributed by atoms with Crippen molar-refractivity contribution in [2.24, 2.45) is 5.92 Å². The Hall–Kier alpha value is -0.410. The molecule has 0 saturated heterocycles. The molecular formula is C11H15BrClNO. The van der Waals surface area contributed by atoms with E-state index >= 15 is 0 Å². The Morgan fingerprint density at radius 3 is 2.67 bits per heavy atom. The van der Waals surface area contributed by atoms with Crippen LogP contribution in [0, 0.1) is 5.92 Å². The van der Waals surface area contributed by atoms with Gasteiger partial charge in [-0.3, -0.25) is 0 Å². The maximum Gasteiger partial charge on any atom is 0.140 e. The Kier molecular flexibility index (Phi) is 4.74. The van der Waals surface area contributed by atoms with E-state index in [1.807, 2.05) is 0 Å². The van der Waals surface area contributed by atoms with Gasteiger partial charge in [-0.15, -0.1) is 0 Å². The van der Waals surface area contributed by atoms with Crippen molar-refractivity contribution in [1.82, 2.24) is 0 Å². The van der Waals surface area contributed by atoms with Crippen LogP contribution in [-0.4, -0.2) is 16.5 Å². The molecule has 1 aromatic rings. The average Bonchev–Trinajstić information content (AvgIpc) is 2.15.